The molecule has 2 aromatic carbocycles. The molecular weight excluding hydrogens is 1850 g/mol. The number of aliphatic carboxylic acids is 2. The van der Waals surface area contributed by atoms with Gasteiger partial charge < -0.3 is 128 Å². The maximum Gasteiger partial charge on any atom is 0.305 e. The average molecular weight is 1980 g/mol. The number of rotatable bonds is 51. The van der Waals surface area contributed by atoms with Gasteiger partial charge in [-0.2, -0.15) is 35.3 Å². The number of fused-ring (bicyclic) bond motifs is 1. The van der Waals surface area contributed by atoms with Gasteiger partial charge in [-0.3, -0.25) is 110 Å². The second kappa shape index (κ2) is 58.4. The summed E-state index contributed by atoms with van der Waals surface area (Å²) in [7, 11) is 0. The van der Waals surface area contributed by atoms with Gasteiger partial charge in [0.05, 0.1) is 30.5 Å². The van der Waals surface area contributed by atoms with Crippen molar-refractivity contribution >= 4 is 182 Å². The fourth-order valence-corrected chi connectivity index (χ4v) is 16.2. The number of aliphatic hydroxyl groups excluding tert-OH is 1. The number of aromatic nitrogens is 1. The molecule has 18 unspecified atom stereocenters. The lowest BCUT2D eigenvalue weighted by molar-refractivity contribution is -0.141. The number of amides is 20. The number of hydrogen-bond donors (Lipinski definition) is 24. The Morgan fingerprint density at radius 3 is 1.48 bits per heavy atom. The molecule has 2 heterocycles. The van der Waals surface area contributed by atoms with Crippen molar-refractivity contribution in [2.75, 3.05) is 35.0 Å². The van der Waals surface area contributed by atoms with Gasteiger partial charge in [0.15, 0.2) is 5.78 Å². The summed E-state index contributed by atoms with van der Waals surface area (Å²) in [5.41, 5.74) is 23.3. The fourth-order valence-electron chi connectivity index (χ4n) is 13.8. The Hall–Kier alpha value is -13.0. The zero-order valence-corrected chi connectivity index (χ0v) is 80.5. The van der Waals surface area contributed by atoms with Crippen LogP contribution in [-0.4, -0.2) is 294 Å². The van der Waals surface area contributed by atoms with E-state index in [0.717, 1.165) is 39.5 Å². The highest BCUT2D eigenvalue weighted by Gasteiger charge is 2.41. The first-order valence-corrected chi connectivity index (χ1v) is 48.0. The number of ketones is 1. The number of carboxylic acids is 2. The summed E-state index contributed by atoms with van der Waals surface area (Å²) >= 11 is 2.71. The molecule has 3 aromatic rings. The Bertz CT molecular complexity index is 4790. The van der Waals surface area contributed by atoms with Crippen LogP contribution in [0.4, 0.5) is 0 Å². The minimum Gasteiger partial charge on any atom is -0.481 e. The van der Waals surface area contributed by atoms with Crippen LogP contribution in [0.25, 0.3) is 10.9 Å². The summed E-state index contributed by atoms with van der Waals surface area (Å²) in [5.74, 6) is -28.2. The van der Waals surface area contributed by atoms with Gasteiger partial charge in [-0.15, -0.1) is 0 Å². The summed E-state index contributed by atoms with van der Waals surface area (Å²) in [5, 5.41) is 70.0. The SMILES string of the molecule is CCC(C)C(NC(=O)C(Cc1ccccc1)NC(=O)C(CCC(=O)O)NC(=O)C1CSCC(=O)CSCC(NC(=O)C(CC(=O)O)NC(=O)C(CC(C)C)NC(C)=O)C(=O)NC(CCC(N)=O)C(=O)NC(C)C(=O)NC(C)C(=O)N1)C(=O)NC(CCC(N)=O)C(=O)NC(Cc1c[nH]c2ccccc12)C(=O)NC(CC(C)C)C(=O)NC(CCSC)C(=O)NC(CC(N)=O)C(=O)NC(C(N)=O)C(C)O. The molecule has 47 nitrogen and oxygen atoms in total. The van der Waals surface area contributed by atoms with E-state index in [0.29, 0.717) is 33.8 Å². The number of hydrogen-bond acceptors (Lipinski definition) is 27. The van der Waals surface area contributed by atoms with Crippen LogP contribution in [0.15, 0.2) is 60.8 Å². The first-order chi connectivity index (χ1) is 64.4. The van der Waals surface area contributed by atoms with Crippen LogP contribution in [0, 0.1) is 17.8 Å². The predicted molar refractivity (Wildman–Crippen MR) is 502 cm³/mol. The number of carbonyl (C=O) groups excluding carboxylic acids is 21. The van der Waals surface area contributed by atoms with Crippen molar-refractivity contribution in [2.24, 2.45) is 40.7 Å². The van der Waals surface area contributed by atoms with E-state index in [-0.39, 0.29) is 56.1 Å². The molecule has 1 aliphatic heterocycles. The summed E-state index contributed by atoms with van der Waals surface area (Å²) in [6, 6.07) is -11.9. The minimum atomic E-state index is -1.91. The molecule has 1 aromatic heterocycles. The van der Waals surface area contributed by atoms with E-state index in [4.69, 9.17) is 22.9 Å². The predicted octanol–water partition coefficient (Wildman–Crippen LogP) is -5.68. The maximum absolute atomic E-state index is 15.2. The highest BCUT2D eigenvalue weighted by molar-refractivity contribution is 8.01. The first-order valence-electron chi connectivity index (χ1n) is 44.3. The maximum atomic E-state index is 15.2. The number of carbonyl (C=O) groups is 23. The second-order valence-corrected chi connectivity index (χ2v) is 37.0. The molecule has 756 valence electrons. The molecule has 0 radical (unpaired) electrons. The molecule has 18 atom stereocenters. The molecule has 0 aliphatic carbocycles. The lowest BCUT2D eigenvalue weighted by Gasteiger charge is -2.30. The normalized spacial score (nSPS) is 18.6. The van der Waals surface area contributed by atoms with Crippen LogP contribution >= 0.6 is 35.3 Å². The van der Waals surface area contributed by atoms with Crippen LogP contribution < -0.4 is 108 Å². The Balaban J connectivity index is 1.74. The van der Waals surface area contributed by atoms with Crippen molar-refractivity contribution in [3.05, 3.63) is 71.9 Å². The fraction of sp³-hybridized carbons (Fsp3) is 0.575. The van der Waals surface area contributed by atoms with Crippen LogP contribution in [0.5, 0.6) is 0 Å². The summed E-state index contributed by atoms with van der Waals surface area (Å²) in [6.07, 6.45) is -4.64. The lowest BCUT2D eigenvalue weighted by Crippen LogP contribution is -2.62. The molecule has 0 spiro atoms. The molecule has 28 N–H and O–H groups in total. The standard InChI is InChI=1S/C87H129N21O26S3/c1-12-43(6)70(87(134)99-54(23-26-66(89)113)76(123)102-60(33-49-36-92-52-21-17-16-20-51(49)52)81(128)100-58(31-42(4)5)80(127)98-56(28-29-135-11)78(125)103-61(34-67(90)114)84(131)108-71(46(9)109)72(91)119)107-83(130)59(32-48-18-14-13-15-19-48)101-77(124)55(24-27-68(115)116)97-85(132)63-39-136-37-50(111)38-137-40-64(106-82(129)62(35-69(117)118)104-79(126)57(30-41(2)3)95-47(10)110)86(133)96-53(22-25-65(88)112)75(122)94-44(7)73(120)93-45(8)74(121)105-63/h13-21,36,41-46,53-64,70-71,92,109H,12,22-35,37-40H2,1-11H3,(H2,88,112)(H2,89,113)(H2,90,114)(H2,91,119)(H,93,120)(H,94,122)(H,95,110)(H,96,133)(H,97,132)(H,98,127)(H,99,134)(H,100,128)(H,101,124)(H,102,123)(H,103,125)(H,104,126)(H,105,121)(H,106,129)(H,107,130)(H,108,131)(H,115,116)(H,117,118). The van der Waals surface area contributed by atoms with Crippen LogP contribution in [-0.2, 0) is 123 Å². The third-order valence-electron chi connectivity index (χ3n) is 21.3. The van der Waals surface area contributed by atoms with E-state index in [9.17, 15) is 106 Å². The number of H-pyrrole nitrogens is 1. The number of carboxylic acid groups (broad SMARTS) is 2. The van der Waals surface area contributed by atoms with E-state index in [1.54, 1.807) is 109 Å². The topological polar surface area (TPSA) is 766 Å². The number of aromatic amines is 1. The number of benzene rings is 2. The van der Waals surface area contributed by atoms with E-state index >= 15 is 19.2 Å². The number of aliphatic hydroxyl groups is 1. The third kappa shape index (κ3) is 41.6. The Labute approximate surface area is 803 Å². The van der Waals surface area contributed by atoms with Crippen LogP contribution in [0.2, 0.25) is 0 Å². The van der Waals surface area contributed by atoms with Gasteiger partial charge in [0.25, 0.3) is 0 Å². The number of para-hydroxylation sites is 1. The van der Waals surface area contributed by atoms with Gasteiger partial charge in [-0.25, -0.2) is 0 Å². The Morgan fingerprint density at radius 1 is 0.474 bits per heavy atom. The van der Waals surface area contributed by atoms with Crippen molar-refractivity contribution in [1.29, 1.82) is 0 Å². The number of Topliss-reactive ketones (excluding diaryl/α,β-unsaturated/α-hetero) is 1. The van der Waals surface area contributed by atoms with Crippen molar-refractivity contribution in [3.63, 3.8) is 0 Å². The largest absolute Gasteiger partial charge is 0.481 e. The molecule has 137 heavy (non-hydrogen) atoms. The van der Waals surface area contributed by atoms with Crippen LogP contribution in [0.3, 0.4) is 0 Å². The first kappa shape index (κ1) is 116. The van der Waals surface area contributed by atoms with E-state index in [1.807, 2.05) is 0 Å². The van der Waals surface area contributed by atoms with Crippen molar-refractivity contribution in [3.8, 4) is 0 Å². The Kier molecular flexibility index (Phi) is 49.6. The number of primary amides is 4. The number of nitrogens with two attached hydrogens (primary N) is 4. The quantitative estimate of drug-likeness (QED) is 0.0250. The van der Waals surface area contributed by atoms with Gasteiger partial charge >= 0.3 is 11.9 Å². The lowest BCUT2D eigenvalue weighted by atomic mass is 9.96. The Morgan fingerprint density at radius 2 is 0.942 bits per heavy atom. The molecule has 1 saturated heterocycles. The van der Waals surface area contributed by atoms with E-state index < -0.39 is 319 Å². The zero-order chi connectivity index (χ0) is 103. The second-order valence-electron chi connectivity index (χ2n) is 34.0. The van der Waals surface area contributed by atoms with Gasteiger partial charge in [0.2, 0.25) is 118 Å². The monoisotopic (exact) mass is 1980 g/mol. The van der Waals surface area contributed by atoms with Crippen molar-refractivity contribution < 1.29 is 126 Å². The molecule has 50 heteroatoms. The smallest absolute Gasteiger partial charge is 0.305 e. The third-order valence-corrected chi connectivity index (χ3v) is 24.2. The minimum absolute atomic E-state index is 0.0417. The highest BCUT2D eigenvalue weighted by Crippen LogP contribution is 2.22. The van der Waals surface area contributed by atoms with Gasteiger partial charge in [0.1, 0.15) is 96.7 Å². The molecule has 1 fully saturated rings. The molecule has 1 aliphatic rings. The summed E-state index contributed by atoms with van der Waals surface area (Å²) in [4.78, 5) is 319. The molecule has 0 bridgehead atoms. The van der Waals surface area contributed by atoms with Crippen LogP contribution in [0.1, 0.15) is 157 Å². The number of thioether (sulfide) groups is 3. The summed E-state index contributed by atoms with van der Waals surface area (Å²) < 4.78 is 0. The molecule has 20 amide bonds. The zero-order valence-electron chi connectivity index (χ0n) is 78.0. The van der Waals surface area contributed by atoms with Crippen molar-refractivity contribution in [2.45, 2.75) is 262 Å². The molecule has 4 rings (SSSR count). The molecule has 0 saturated carbocycles. The molecular formula is C87H129N21O26S3. The van der Waals surface area contributed by atoms with E-state index in [1.165, 1.54) is 11.8 Å². The highest BCUT2D eigenvalue weighted by atomic mass is 32.2. The van der Waals surface area contributed by atoms with Gasteiger partial charge in [-0.1, -0.05) is 96.5 Å². The average Bonchev–Trinajstić information content (AvgIpc) is 1.70. The number of nitrogens with one attached hydrogen (secondary N) is 17. The van der Waals surface area contributed by atoms with Crippen molar-refractivity contribution in [1.82, 2.24) is 90.1 Å². The van der Waals surface area contributed by atoms with Gasteiger partial charge in [-0.05, 0) is 106 Å². The van der Waals surface area contributed by atoms with Gasteiger partial charge in [0, 0.05) is 67.6 Å². The van der Waals surface area contributed by atoms with E-state index in [2.05, 4.69) is 90.1 Å². The summed E-state index contributed by atoms with van der Waals surface area (Å²) in [6.45, 7) is 14.6.